The van der Waals surface area contributed by atoms with Crippen molar-refractivity contribution in [3.8, 4) is 0 Å². The summed E-state index contributed by atoms with van der Waals surface area (Å²) < 4.78 is 0. The minimum Gasteiger partial charge on any atom is 1.00 e. The molecule has 0 nitrogen and oxygen atoms in total. The van der Waals surface area contributed by atoms with Crippen molar-refractivity contribution < 1.29 is 73.4 Å². The van der Waals surface area contributed by atoms with Crippen molar-refractivity contribution in [2.75, 3.05) is 0 Å². The van der Waals surface area contributed by atoms with E-state index in [1.54, 1.807) is 0 Å². The maximum absolute atomic E-state index is 4.76. The van der Waals surface area contributed by atoms with Gasteiger partial charge in [-0.25, -0.2) is 0 Å². The molecule has 0 spiro atoms. The van der Waals surface area contributed by atoms with Crippen molar-refractivity contribution in [3.63, 3.8) is 0 Å². The predicted octanol–water partition coefficient (Wildman–Crippen LogP) is -8.66. The average Bonchev–Trinajstić information content (AvgIpc) is 2.22. The summed E-state index contributed by atoms with van der Waals surface area (Å²) in [4.78, 5) is 0. The molecule has 0 heterocycles. The van der Waals surface area contributed by atoms with Crippen LogP contribution in [0.25, 0.3) is 10.8 Å². The molecule has 7 heteroatoms. The van der Waals surface area contributed by atoms with Crippen molar-refractivity contribution in [2.24, 2.45) is 0 Å². The molecular formula is C11H9Cl4LiMgZn. The third-order valence-electron chi connectivity index (χ3n) is 1.88. The summed E-state index contributed by atoms with van der Waals surface area (Å²) in [6, 6.07) is 14.4. The molecule has 0 aliphatic heterocycles. The molecule has 0 aliphatic carbocycles. The van der Waals surface area contributed by atoms with Gasteiger partial charge in [-0.2, -0.15) is 18.6 Å². The van der Waals surface area contributed by atoms with Gasteiger partial charge in [0, 0.05) is 0 Å². The van der Waals surface area contributed by atoms with Gasteiger partial charge >= 0.3 is 68.9 Å². The van der Waals surface area contributed by atoms with Gasteiger partial charge in [-0.3, -0.25) is 0 Å². The zero-order chi connectivity index (χ0) is 9.68. The Morgan fingerprint density at radius 3 is 1.78 bits per heavy atom. The molecule has 0 bridgehead atoms. The van der Waals surface area contributed by atoms with Gasteiger partial charge in [-0.1, -0.05) is 29.7 Å². The third kappa shape index (κ3) is 9.59. The van der Waals surface area contributed by atoms with E-state index >= 15 is 0 Å². The average molecular weight is 380 g/mol. The maximum Gasteiger partial charge on any atom is 2.00 e. The maximum atomic E-state index is 4.76. The van der Waals surface area contributed by atoms with Crippen LogP contribution >= 0.6 is 9.69 Å². The molecule has 0 aromatic heterocycles. The molecule has 0 saturated carbocycles. The number of fused-ring (bicyclic) bond motifs is 1. The van der Waals surface area contributed by atoms with E-state index in [4.69, 9.17) is 9.69 Å². The number of halogens is 4. The minimum absolute atomic E-state index is 0. The zero-order valence-electron chi connectivity index (χ0n) is 10.2. The first kappa shape index (κ1) is 31.9. The summed E-state index contributed by atoms with van der Waals surface area (Å²) >= 11 is 0.847. The fourth-order valence-electron chi connectivity index (χ4n) is 1.29. The molecule has 0 unspecified atom stereocenters. The monoisotopic (exact) mass is 376 g/mol. The Bertz CT molecular complexity index is 398. The van der Waals surface area contributed by atoms with E-state index in [-0.39, 0.29) is 79.1 Å². The molecule has 2 aromatic carbocycles. The molecular weight excluding hydrogens is 371 g/mol. The molecule has 0 aliphatic rings. The van der Waals surface area contributed by atoms with Gasteiger partial charge in [0.1, 0.15) is 0 Å². The van der Waals surface area contributed by atoms with Crippen LogP contribution in [0.15, 0.2) is 42.5 Å². The minimum atomic E-state index is 0. The van der Waals surface area contributed by atoms with Gasteiger partial charge in [-0.15, -0.1) is 17.5 Å². The second kappa shape index (κ2) is 18.7. The van der Waals surface area contributed by atoms with Crippen LogP contribution in [-0.2, 0) is 17.3 Å². The van der Waals surface area contributed by atoms with Crippen LogP contribution < -0.4 is 56.1 Å². The summed E-state index contributed by atoms with van der Waals surface area (Å²) in [6.07, 6.45) is 0. The zero-order valence-corrected chi connectivity index (χ0v) is 17.6. The molecule has 18 heavy (non-hydrogen) atoms. The Morgan fingerprint density at radius 2 is 1.28 bits per heavy atom. The number of hydrogen-bond donors (Lipinski definition) is 0. The summed E-state index contributed by atoms with van der Waals surface area (Å²) in [5.41, 5.74) is 1.10. The van der Waals surface area contributed by atoms with Crippen LogP contribution in [0, 0.1) is 6.92 Å². The van der Waals surface area contributed by atoms with Crippen molar-refractivity contribution >= 4 is 43.5 Å². The van der Waals surface area contributed by atoms with Gasteiger partial charge in [0.05, 0.1) is 0 Å². The van der Waals surface area contributed by atoms with E-state index in [1.165, 1.54) is 10.8 Å². The predicted molar refractivity (Wildman–Crippen MR) is 60.0 cm³/mol. The van der Waals surface area contributed by atoms with Gasteiger partial charge in [0.25, 0.3) is 0 Å². The number of rotatable bonds is 0. The van der Waals surface area contributed by atoms with Crippen LogP contribution in [0.5, 0.6) is 0 Å². The van der Waals surface area contributed by atoms with Gasteiger partial charge < -0.3 is 37.2 Å². The van der Waals surface area contributed by atoms with E-state index < -0.39 is 0 Å². The Hall–Kier alpha value is 1.72. The van der Waals surface area contributed by atoms with E-state index in [2.05, 4.69) is 25.1 Å². The van der Waals surface area contributed by atoms with Crippen molar-refractivity contribution in [1.29, 1.82) is 0 Å². The first-order valence-electron chi connectivity index (χ1n) is 3.94. The molecule has 0 radical (unpaired) electrons. The topological polar surface area (TPSA) is 0 Å². The summed E-state index contributed by atoms with van der Waals surface area (Å²) in [7, 11) is 4.76. The third-order valence-corrected chi connectivity index (χ3v) is 1.88. The summed E-state index contributed by atoms with van der Waals surface area (Å²) in [5.74, 6) is 0. The molecule has 0 N–H and O–H groups in total. The number of hydrogen-bond acceptors (Lipinski definition) is 0. The van der Waals surface area contributed by atoms with E-state index in [1.807, 2.05) is 24.3 Å². The second-order valence-corrected chi connectivity index (χ2v) is 2.64. The number of benzene rings is 2. The molecule has 2 rings (SSSR count). The van der Waals surface area contributed by atoms with E-state index in [0.29, 0.717) is 0 Å². The van der Waals surface area contributed by atoms with Crippen LogP contribution in [0.3, 0.4) is 0 Å². The Labute approximate surface area is 170 Å². The standard InChI is InChI=1S/C11H9.4ClH.Li.Mg.Zn/c1-9-5-4-7-10-6-2-3-8-11(9)10;;;;;;;/h2-8H,1H2;4*1H;;;/q-1;;;;;+1;2*+2/p-4. The molecule has 0 saturated heterocycles. The van der Waals surface area contributed by atoms with Crippen LogP contribution in [0.4, 0.5) is 0 Å². The second-order valence-electron chi connectivity index (χ2n) is 2.64. The van der Waals surface area contributed by atoms with E-state index in [0.717, 1.165) is 22.9 Å². The van der Waals surface area contributed by atoms with Crippen LogP contribution in [0.2, 0.25) is 0 Å². The summed E-state index contributed by atoms with van der Waals surface area (Å²) in [6.45, 7) is 3.95. The first-order chi connectivity index (χ1) is 6.38. The Balaban J connectivity index is -0.0000000770. The first-order valence-corrected chi connectivity index (χ1v) is 7.84. The van der Waals surface area contributed by atoms with Gasteiger partial charge in [0.2, 0.25) is 0 Å². The van der Waals surface area contributed by atoms with Gasteiger partial charge in [0.15, 0.2) is 0 Å². The Kier molecular flexibility index (Phi) is 33.2. The molecule has 86 valence electrons. The van der Waals surface area contributed by atoms with Crippen LogP contribution in [-0.4, -0.2) is 23.1 Å². The molecule has 2 aromatic rings. The smallest absolute Gasteiger partial charge is 1.00 e. The van der Waals surface area contributed by atoms with Crippen molar-refractivity contribution in [2.45, 2.75) is 0 Å². The van der Waals surface area contributed by atoms with E-state index in [9.17, 15) is 0 Å². The molecule has 0 amide bonds. The van der Waals surface area contributed by atoms with Crippen molar-refractivity contribution in [1.82, 2.24) is 0 Å². The van der Waals surface area contributed by atoms with Gasteiger partial charge in [-0.05, 0) is 0 Å². The molecule has 0 atom stereocenters. The quantitative estimate of drug-likeness (QED) is 0.315. The van der Waals surface area contributed by atoms with Crippen molar-refractivity contribution in [3.05, 3.63) is 55.0 Å². The Morgan fingerprint density at radius 1 is 0.833 bits per heavy atom. The normalized spacial score (nSPS) is 6.61. The fraction of sp³-hybridized carbons (Fsp3) is 0. The fourth-order valence-corrected chi connectivity index (χ4v) is 1.29. The summed E-state index contributed by atoms with van der Waals surface area (Å²) in [5, 5.41) is 2.51. The van der Waals surface area contributed by atoms with Crippen LogP contribution in [0.1, 0.15) is 5.56 Å². The SMILES string of the molecule is [CH2-]c1cccc2ccccc12.[Cl-].[Cl-].[Cl-].[Cl][Zn+].[Li+].[Mg+2]. The largest absolute Gasteiger partial charge is 2.00 e. The molecule has 0 fully saturated rings.